The van der Waals surface area contributed by atoms with Gasteiger partial charge < -0.3 is 5.32 Å². The summed E-state index contributed by atoms with van der Waals surface area (Å²) in [5.74, 6) is 0.932. The summed E-state index contributed by atoms with van der Waals surface area (Å²) in [5.41, 5.74) is 0. The molecule has 0 aliphatic heterocycles. The van der Waals surface area contributed by atoms with Crippen molar-refractivity contribution in [3.05, 3.63) is 0 Å². The van der Waals surface area contributed by atoms with E-state index in [2.05, 4.69) is 20.8 Å². The van der Waals surface area contributed by atoms with Crippen LogP contribution in [0.2, 0.25) is 0 Å². The van der Waals surface area contributed by atoms with E-state index in [1.807, 2.05) is 6.92 Å². The summed E-state index contributed by atoms with van der Waals surface area (Å²) in [4.78, 5) is 0. The SMILES string of the molecule is CCCS(=O)(=O)CCSc1nnnn1CCNC1CC1. The van der Waals surface area contributed by atoms with Crippen LogP contribution in [0.5, 0.6) is 0 Å². The number of hydrogen-bond acceptors (Lipinski definition) is 7. The molecule has 1 fully saturated rings. The Morgan fingerprint density at radius 3 is 2.90 bits per heavy atom. The van der Waals surface area contributed by atoms with E-state index in [9.17, 15) is 8.42 Å². The molecule has 1 aromatic heterocycles. The maximum absolute atomic E-state index is 11.6. The van der Waals surface area contributed by atoms with Crippen LogP contribution in [0.1, 0.15) is 26.2 Å². The molecule has 0 amide bonds. The fourth-order valence-electron chi connectivity index (χ4n) is 1.78. The van der Waals surface area contributed by atoms with Crippen LogP contribution in [-0.2, 0) is 16.4 Å². The maximum atomic E-state index is 11.6. The molecule has 1 aliphatic rings. The highest BCUT2D eigenvalue weighted by molar-refractivity contribution is 8.00. The van der Waals surface area contributed by atoms with Gasteiger partial charge in [-0.3, -0.25) is 0 Å². The van der Waals surface area contributed by atoms with Crippen LogP contribution in [0.4, 0.5) is 0 Å². The molecule has 0 radical (unpaired) electrons. The smallest absolute Gasteiger partial charge is 0.209 e. The molecule has 20 heavy (non-hydrogen) atoms. The Labute approximate surface area is 123 Å². The molecule has 114 valence electrons. The molecule has 9 heteroatoms. The topological polar surface area (TPSA) is 89.8 Å². The van der Waals surface area contributed by atoms with Gasteiger partial charge in [-0.05, 0) is 29.7 Å². The normalized spacial score (nSPS) is 15.7. The number of rotatable bonds is 10. The molecule has 0 atom stereocenters. The van der Waals surface area contributed by atoms with Gasteiger partial charge in [0.05, 0.1) is 12.3 Å². The molecule has 7 nitrogen and oxygen atoms in total. The minimum atomic E-state index is -2.93. The van der Waals surface area contributed by atoms with Crippen LogP contribution in [0.25, 0.3) is 0 Å². The molecule has 1 heterocycles. The Bertz CT molecular complexity index is 513. The summed E-state index contributed by atoms with van der Waals surface area (Å²) in [5, 5.41) is 15.6. The largest absolute Gasteiger partial charge is 0.312 e. The van der Waals surface area contributed by atoms with E-state index in [-0.39, 0.29) is 11.5 Å². The van der Waals surface area contributed by atoms with Crippen LogP contribution >= 0.6 is 11.8 Å². The molecule has 0 bridgehead atoms. The number of nitrogens with one attached hydrogen (secondary N) is 1. The number of aromatic nitrogens is 4. The number of sulfone groups is 1. The van der Waals surface area contributed by atoms with Gasteiger partial charge in [-0.25, -0.2) is 13.1 Å². The lowest BCUT2D eigenvalue weighted by atomic mass is 10.6. The minimum absolute atomic E-state index is 0.179. The van der Waals surface area contributed by atoms with Crippen LogP contribution in [0.15, 0.2) is 5.16 Å². The van der Waals surface area contributed by atoms with E-state index in [0.29, 0.717) is 29.9 Å². The fourth-order valence-corrected chi connectivity index (χ4v) is 4.50. The molecule has 1 aromatic rings. The van der Waals surface area contributed by atoms with Gasteiger partial charge in [0.15, 0.2) is 9.84 Å². The van der Waals surface area contributed by atoms with Crippen molar-refractivity contribution in [2.75, 3.05) is 23.8 Å². The molecule has 1 saturated carbocycles. The van der Waals surface area contributed by atoms with Crippen molar-refractivity contribution < 1.29 is 8.42 Å². The summed E-state index contributed by atoms with van der Waals surface area (Å²) in [7, 11) is -2.93. The maximum Gasteiger partial charge on any atom is 0.209 e. The van der Waals surface area contributed by atoms with E-state index in [4.69, 9.17) is 0 Å². The summed E-state index contributed by atoms with van der Waals surface area (Å²) < 4.78 is 25.0. The number of hydrogen-bond donors (Lipinski definition) is 1. The summed E-state index contributed by atoms with van der Waals surface area (Å²) in [6, 6.07) is 0.668. The van der Waals surface area contributed by atoms with E-state index >= 15 is 0 Å². The van der Waals surface area contributed by atoms with Gasteiger partial charge >= 0.3 is 0 Å². The number of thioether (sulfide) groups is 1. The molecule has 0 spiro atoms. The number of tetrazole rings is 1. The summed E-state index contributed by atoms with van der Waals surface area (Å²) >= 11 is 1.40. The second-order valence-corrected chi connectivity index (χ2v) is 8.28. The third kappa shape index (κ3) is 5.37. The lowest BCUT2D eigenvalue weighted by Crippen LogP contribution is -2.22. The van der Waals surface area contributed by atoms with Crippen molar-refractivity contribution in [1.82, 2.24) is 25.5 Å². The van der Waals surface area contributed by atoms with Gasteiger partial charge in [0.25, 0.3) is 0 Å². The molecule has 1 N–H and O–H groups in total. The van der Waals surface area contributed by atoms with Crippen LogP contribution in [0.3, 0.4) is 0 Å². The first-order valence-corrected chi connectivity index (χ1v) is 9.74. The quantitative estimate of drug-likeness (QED) is 0.622. The Balaban J connectivity index is 1.73. The van der Waals surface area contributed by atoms with Gasteiger partial charge in [0.1, 0.15) is 0 Å². The highest BCUT2D eigenvalue weighted by Crippen LogP contribution is 2.18. The zero-order valence-corrected chi connectivity index (χ0v) is 13.3. The van der Waals surface area contributed by atoms with Crippen molar-refractivity contribution in [1.29, 1.82) is 0 Å². The highest BCUT2D eigenvalue weighted by atomic mass is 32.2. The van der Waals surface area contributed by atoms with E-state index in [1.165, 1.54) is 24.6 Å². The summed E-state index contributed by atoms with van der Waals surface area (Å²) in [6.07, 6.45) is 3.18. The molecule has 2 rings (SSSR count). The Morgan fingerprint density at radius 2 is 2.20 bits per heavy atom. The van der Waals surface area contributed by atoms with Gasteiger partial charge in [0, 0.05) is 24.1 Å². The molecule has 0 unspecified atom stereocenters. The fraction of sp³-hybridized carbons (Fsp3) is 0.909. The van der Waals surface area contributed by atoms with Gasteiger partial charge in [-0.1, -0.05) is 18.7 Å². The van der Waals surface area contributed by atoms with Crippen molar-refractivity contribution in [3.8, 4) is 0 Å². The monoisotopic (exact) mass is 319 g/mol. The van der Waals surface area contributed by atoms with Crippen LogP contribution < -0.4 is 5.32 Å². The van der Waals surface area contributed by atoms with Gasteiger partial charge in [-0.15, -0.1) is 5.10 Å². The summed E-state index contributed by atoms with van der Waals surface area (Å²) in [6.45, 7) is 3.43. The number of nitrogens with zero attached hydrogens (tertiary/aromatic N) is 4. The lowest BCUT2D eigenvalue weighted by molar-refractivity contribution is 0.509. The van der Waals surface area contributed by atoms with E-state index < -0.39 is 9.84 Å². The average Bonchev–Trinajstić information content (AvgIpc) is 3.10. The third-order valence-corrected chi connectivity index (χ3v) is 6.05. The Morgan fingerprint density at radius 1 is 1.40 bits per heavy atom. The Hall–Kier alpha value is -0.670. The minimum Gasteiger partial charge on any atom is -0.312 e. The van der Waals surface area contributed by atoms with Crippen LogP contribution in [0, 0.1) is 0 Å². The van der Waals surface area contributed by atoms with Crippen molar-refractivity contribution >= 4 is 21.6 Å². The van der Waals surface area contributed by atoms with Crippen LogP contribution in [-0.4, -0.2) is 58.5 Å². The second-order valence-electron chi connectivity index (χ2n) is 4.91. The predicted octanol–water partition coefficient (Wildman–Crippen LogP) is 0.342. The van der Waals surface area contributed by atoms with Crippen molar-refractivity contribution in [2.24, 2.45) is 0 Å². The molecule has 0 saturated heterocycles. The zero-order chi connectivity index (χ0) is 14.4. The van der Waals surface area contributed by atoms with E-state index in [1.54, 1.807) is 4.68 Å². The van der Waals surface area contributed by atoms with Gasteiger partial charge in [-0.2, -0.15) is 0 Å². The Kier molecular flexibility index (Phi) is 5.79. The molecule has 0 aromatic carbocycles. The molecular weight excluding hydrogens is 298 g/mol. The first-order chi connectivity index (χ1) is 9.61. The third-order valence-electron chi connectivity index (χ3n) is 2.97. The first kappa shape index (κ1) is 15.7. The van der Waals surface area contributed by atoms with Crippen molar-refractivity contribution in [3.63, 3.8) is 0 Å². The van der Waals surface area contributed by atoms with Crippen molar-refractivity contribution in [2.45, 2.75) is 43.9 Å². The second kappa shape index (κ2) is 7.37. The molecule has 1 aliphatic carbocycles. The predicted molar refractivity (Wildman–Crippen MR) is 78.5 cm³/mol. The standard InChI is InChI=1S/C11H21N5O2S2/c1-2-8-20(17,18)9-7-19-11-13-14-15-16(11)6-5-12-10-3-4-10/h10,12H,2-9H2,1H3. The highest BCUT2D eigenvalue weighted by Gasteiger charge is 2.20. The van der Waals surface area contributed by atoms with Gasteiger partial charge in [0.2, 0.25) is 5.16 Å². The lowest BCUT2D eigenvalue weighted by Gasteiger charge is -2.05. The molecular formula is C11H21N5O2S2. The first-order valence-electron chi connectivity index (χ1n) is 6.93. The average molecular weight is 319 g/mol. The zero-order valence-electron chi connectivity index (χ0n) is 11.7. The van der Waals surface area contributed by atoms with E-state index in [0.717, 1.165) is 6.54 Å².